The van der Waals surface area contributed by atoms with Crippen LogP contribution in [0.15, 0.2) is 5.10 Å². The number of carbonyl (C=O) groups excluding carboxylic acids is 2. The number of hydrogen-bond acceptors (Lipinski definition) is 3. The van der Waals surface area contributed by atoms with E-state index in [9.17, 15) is 9.59 Å². The smallest absolute Gasteiger partial charge is 0.282 e. The molecule has 10 heavy (non-hydrogen) atoms. The average molecular weight is 140 g/mol. The Kier molecular flexibility index (Phi) is 1.53. The van der Waals surface area contributed by atoms with Crippen LogP contribution in [-0.4, -0.2) is 29.0 Å². The third-order valence-corrected chi connectivity index (χ3v) is 1.21. The van der Waals surface area contributed by atoms with Gasteiger partial charge in [-0.3, -0.25) is 9.59 Å². The van der Waals surface area contributed by atoms with Crippen molar-refractivity contribution in [3.05, 3.63) is 0 Å². The molecule has 1 amide bonds. The first-order chi connectivity index (χ1) is 4.63. The maximum atomic E-state index is 10.8. The van der Waals surface area contributed by atoms with Crippen molar-refractivity contribution in [2.45, 2.75) is 19.9 Å². The van der Waals surface area contributed by atoms with Crippen molar-refractivity contribution in [3.8, 4) is 0 Å². The van der Waals surface area contributed by atoms with E-state index in [1.807, 2.05) is 0 Å². The molecule has 0 aliphatic carbocycles. The summed E-state index contributed by atoms with van der Waals surface area (Å²) >= 11 is 0. The van der Waals surface area contributed by atoms with Gasteiger partial charge in [-0.2, -0.15) is 5.10 Å². The van der Waals surface area contributed by atoms with E-state index >= 15 is 0 Å². The van der Waals surface area contributed by atoms with Crippen LogP contribution in [0, 0.1) is 0 Å². The van der Waals surface area contributed by atoms with E-state index in [0.717, 1.165) is 6.21 Å². The highest BCUT2D eigenvalue weighted by Crippen LogP contribution is 2.04. The van der Waals surface area contributed by atoms with Crippen LogP contribution in [0.4, 0.5) is 0 Å². The molecule has 0 spiro atoms. The highest BCUT2D eigenvalue weighted by molar-refractivity contribution is 6.60. The minimum absolute atomic E-state index is 0.0322. The van der Waals surface area contributed by atoms with Crippen molar-refractivity contribution in [3.63, 3.8) is 0 Å². The van der Waals surface area contributed by atoms with E-state index in [1.165, 1.54) is 5.01 Å². The normalized spacial score (nSPS) is 17.7. The standard InChI is InChI=1S/C6H8N2O2/c1-4(2)8-6(10)5(9)3-7-8/h3-4H,1-2H3. The second-order valence-corrected chi connectivity index (χ2v) is 2.35. The maximum Gasteiger partial charge on any atom is 0.316 e. The van der Waals surface area contributed by atoms with Crippen molar-refractivity contribution in [1.82, 2.24) is 5.01 Å². The molecule has 0 bridgehead atoms. The summed E-state index contributed by atoms with van der Waals surface area (Å²) in [5, 5.41) is 4.78. The molecule has 0 saturated carbocycles. The third kappa shape index (κ3) is 0.920. The summed E-state index contributed by atoms with van der Waals surface area (Å²) in [5.74, 6) is -1.07. The van der Waals surface area contributed by atoms with E-state index in [-0.39, 0.29) is 6.04 Å². The van der Waals surface area contributed by atoms with Crippen LogP contribution >= 0.6 is 0 Å². The lowest BCUT2D eigenvalue weighted by Crippen LogP contribution is -2.31. The zero-order valence-electron chi connectivity index (χ0n) is 5.87. The summed E-state index contributed by atoms with van der Waals surface area (Å²) in [7, 11) is 0. The van der Waals surface area contributed by atoms with Crippen LogP contribution < -0.4 is 0 Å². The minimum Gasteiger partial charge on any atom is -0.282 e. The summed E-state index contributed by atoms with van der Waals surface area (Å²) in [6, 6.07) is -0.0322. The van der Waals surface area contributed by atoms with Gasteiger partial charge >= 0.3 is 5.91 Å². The average Bonchev–Trinajstić information content (AvgIpc) is 2.14. The summed E-state index contributed by atoms with van der Waals surface area (Å²) in [5.41, 5.74) is 0. The number of rotatable bonds is 1. The van der Waals surface area contributed by atoms with Gasteiger partial charge in [0, 0.05) is 0 Å². The Bertz CT molecular complexity index is 208. The molecule has 0 aromatic heterocycles. The highest BCUT2D eigenvalue weighted by atomic mass is 16.2. The molecule has 0 fully saturated rings. The van der Waals surface area contributed by atoms with Crippen molar-refractivity contribution in [1.29, 1.82) is 0 Å². The second-order valence-electron chi connectivity index (χ2n) is 2.35. The van der Waals surface area contributed by atoms with Gasteiger partial charge in [-0.1, -0.05) is 0 Å². The van der Waals surface area contributed by atoms with E-state index in [4.69, 9.17) is 0 Å². The Morgan fingerprint density at radius 3 is 2.30 bits per heavy atom. The van der Waals surface area contributed by atoms with Crippen LogP contribution in [0.3, 0.4) is 0 Å². The van der Waals surface area contributed by atoms with E-state index in [0.29, 0.717) is 0 Å². The number of nitrogens with zero attached hydrogens (tertiary/aromatic N) is 2. The Hall–Kier alpha value is -1.19. The lowest BCUT2D eigenvalue weighted by Gasteiger charge is -2.13. The van der Waals surface area contributed by atoms with Gasteiger partial charge < -0.3 is 0 Å². The lowest BCUT2D eigenvalue weighted by atomic mass is 10.3. The fourth-order valence-electron chi connectivity index (χ4n) is 0.703. The zero-order valence-corrected chi connectivity index (χ0v) is 5.87. The van der Waals surface area contributed by atoms with Crippen LogP contribution in [-0.2, 0) is 9.59 Å². The topological polar surface area (TPSA) is 49.7 Å². The number of Topliss-reactive ketones (excluding diaryl/α,β-unsaturated/α-hetero) is 1. The second kappa shape index (κ2) is 2.21. The molecule has 0 aromatic rings. The molecular formula is C6H8N2O2. The van der Waals surface area contributed by atoms with E-state index in [1.54, 1.807) is 13.8 Å². The fraction of sp³-hybridized carbons (Fsp3) is 0.500. The largest absolute Gasteiger partial charge is 0.316 e. The summed E-state index contributed by atoms with van der Waals surface area (Å²) < 4.78 is 0. The van der Waals surface area contributed by atoms with Gasteiger partial charge in [0.15, 0.2) is 0 Å². The predicted octanol–water partition coefficient (Wildman–Crippen LogP) is -0.208. The first kappa shape index (κ1) is 6.92. The number of amides is 1. The van der Waals surface area contributed by atoms with Gasteiger partial charge in [-0.05, 0) is 13.8 Å². The molecule has 1 aliphatic heterocycles. The molecule has 54 valence electrons. The molecule has 4 heteroatoms. The van der Waals surface area contributed by atoms with Gasteiger partial charge in [0.2, 0.25) is 0 Å². The van der Waals surface area contributed by atoms with Crippen LogP contribution in [0.2, 0.25) is 0 Å². The van der Waals surface area contributed by atoms with E-state index in [2.05, 4.69) is 5.10 Å². The Labute approximate surface area is 58.5 Å². The summed E-state index contributed by atoms with van der Waals surface area (Å²) in [6.07, 6.45) is 1.04. The zero-order chi connectivity index (χ0) is 7.72. The Morgan fingerprint density at radius 1 is 1.50 bits per heavy atom. The SMILES string of the molecule is CC(C)N1N=CC(=O)C1=O. The number of ketones is 1. The Morgan fingerprint density at radius 2 is 2.10 bits per heavy atom. The molecule has 4 nitrogen and oxygen atoms in total. The maximum absolute atomic E-state index is 10.8. The van der Waals surface area contributed by atoms with Crippen molar-refractivity contribution in [2.75, 3.05) is 0 Å². The van der Waals surface area contributed by atoms with Crippen LogP contribution in [0.25, 0.3) is 0 Å². The minimum atomic E-state index is -0.534. The molecule has 0 radical (unpaired) electrons. The molecule has 1 rings (SSSR count). The van der Waals surface area contributed by atoms with Gasteiger partial charge in [0.05, 0.1) is 6.04 Å². The van der Waals surface area contributed by atoms with Crippen molar-refractivity contribution >= 4 is 17.9 Å². The van der Waals surface area contributed by atoms with Gasteiger partial charge in [-0.25, -0.2) is 5.01 Å². The van der Waals surface area contributed by atoms with Crippen molar-refractivity contribution in [2.24, 2.45) is 5.10 Å². The molecule has 1 heterocycles. The highest BCUT2D eigenvalue weighted by Gasteiger charge is 2.27. The first-order valence-corrected chi connectivity index (χ1v) is 3.04. The van der Waals surface area contributed by atoms with E-state index < -0.39 is 11.7 Å². The quantitative estimate of drug-likeness (QED) is 0.473. The molecule has 0 unspecified atom stereocenters. The van der Waals surface area contributed by atoms with Gasteiger partial charge in [-0.15, -0.1) is 0 Å². The van der Waals surface area contributed by atoms with Gasteiger partial charge in [0.1, 0.15) is 6.21 Å². The predicted molar refractivity (Wildman–Crippen MR) is 35.5 cm³/mol. The Balaban J connectivity index is 2.76. The van der Waals surface area contributed by atoms with Gasteiger partial charge in [0.25, 0.3) is 5.78 Å². The summed E-state index contributed by atoms with van der Waals surface area (Å²) in [4.78, 5) is 21.3. The molecule has 1 aliphatic rings. The van der Waals surface area contributed by atoms with Crippen molar-refractivity contribution < 1.29 is 9.59 Å². The molecule has 0 N–H and O–H groups in total. The summed E-state index contributed by atoms with van der Waals surface area (Å²) in [6.45, 7) is 3.60. The fourth-order valence-corrected chi connectivity index (χ4v) is 0.703. The molecule has 0 atom stereocenters. The first-order valence-electron chi connectivity index (χ1n) is 3.04. The third-order valence-electron chi connectivity index (χ3n) is 1.21. The van der Waals surface area contributed by atoms with Crippen LogP contribution in [0.5, 0.6) is 0 Å². The van der Waals surface area contributed by atoms with Crippen LogP contribution in [0.1, 0.15) is 13.8 Å². The number of hydrogen-bond donors (Lipinski definition) is 0. The molecule has 0 aromatic carbocycles. The molecular weight excluding hydrogens is 132 g/mol. The lowest BCUT2D eigenvalue weighted by molar-refractivity contribution is -0.140. The number of carbonyl (C=O) groups is 2. The number of hydrazone groups is 1. The monoisotopic (exact) mass is 140 g/mol. The molecule has 0 saturated heterocycles.